The quantitative estimate of drug-likeness (QED) is 0.395. The van der Waals surface area contributed by atoms with Crippen LogP contribution < -0.4 is 0 Å². The number of hydrogen-bond acceptors (Lipinski definition) is 3. The summed E-state index contributed by atoms with van der Waals surface area (Å²) in [5.74, 6) is -1.84. The zero-order chi connectivity index (χ0) is 11.0. The Morgan fingerprint density at radius 2 is 1.93 bits per heavy atom. The number of ether oxygens (including phenoxy) is 1. The van der Waals surface area contributed by atoms with Gasteiger partial charge >= 0.3 is 11.9 Å². The molecule has 0 atom stereocenters. The highest BCUT2D eigenvalue weighted by Crippen LogP contribution is 2.02. The fraction of sp³-hybridized carbons (Fsp3) is 0.200. The Labute approximate surface area is 82.2 Å². The molecule has 1 N–H and O–H groups in total. The molecule has 0 heterocycles. The Morgan fingerprint density at radius 1 is 1.29 bits per heavy atom. The number of rotatable bonds is 6. The molecule has 0 aromatic rings. The molecule has 0 rings (SSSR count). The van der Waals surface area contributed by atoms with Gasteiger partial charge in [-0.2, -0.15) is 0 Å². The second kappa shape index (κ2) is 6.65. The highest BCUT2D eigenvalue weighted by Gasteiger charge is 2.08. The summed E-state index contributed by atoms with van der Waals surface area (Å²) in [4.78, 5) is 21.5. The minimum Gasteiger partial charge on any atom is -0.478 e. The fourth-order valence-electron chi connectivity index (χ4n) is 0.688. The Bertz CT molecular complexity index is 276. The molecule has 14 heavy (non-hydrogen) atoms. The molecular weight excluding hydrogens is 184 g/mol. The van der Waals surface area contributed by atoms with Gasteiger partial charge in [0, 0.05) is 11.6 Å². The Kier molecular flexibility index (Phi) is 5.78. The first-order valence-corrected chi connectivity index (χ1v) is 3.94. The third-order valence-corrected chi connectivity index (χ3v) is 1.27. The van der Waals surface area contributed by atoms with Crippen LogP contribution in [0.2, 0.25) is 0 Å². The molecule has 0 saturated carbocycles. The predicted octanol–water partition coefficient (Wildman–Crippen LogP) is 1.30. The maximum absolute atomic E-state index is 10.9. The molecule has 0 bridgehead atoms. The summed E-state index contributed by atoms with van der Waals surface area (Å²) in [6, 6.07) is 0. The van der Waals surface area contributed by atoms with E-state index in [0.29, 0.717) is 0 Å². The molecule has 0 aliphatic rings. The molecule has 0 aromatic heterocycles. The van der Waals surface area contributed by atoms with Crippen LogP contribution in [-0.2, 0) is 14.3 Å². The van der Waals surface area contributed by atoms with Crippen LogP contribution in [0.5, 0.6) is 0 Å². The smallest absolute Gasteiger partial charge is 0.332 e. The van der Waals surface area contributed by atoms with Crippen molar-refractivity contribution in [1.82, 2.24) is 0 Å². The molecule has 4 heteroatoms. The molecule has 0 saturated heterocycles. The molecule has 76 valence electrons. The van der Waals surface area contributed by atoms with E-state index in [-0.39, 0.29) is 18.6 Å². The van der Waals surface area contributed by atoms with Gasteiger partial charge in [0.2, 0.25) is 0 Å². The van der Waals surface area contributed by atoms with Gasteiger partial charge in [-0.3, -0.25) is 0 Å². The van der Waals surface area contributed by atoms with Gasteiger partial charge in [-0.25, -0.2) is 9.59 Å². The number of carbonyl (C=O) groups is 2. The first-order valence-electron chi connectivity index (χ1n) is 3.94. The summed E-state index contributed by atoms with van der Waals surface area (Å²) >= 11 is 0. The molecule has 0 amide bonds. The monoisotopic (exact) mass is 196 g/mol. The average molecular weight is 196 g/mol. The van der Waals surface area contributed by atoms with E-state index in [4.69, 9.17) is 5.11 Å². The van der Waals surface area contributed by atoms with Crippen molar-refractivity contribution in [2.24, 2.45) is 0 Å². The lowest BCUT2D eigenvalue weighted by Crippen LogP contribution is -2.06. The van der Waals surface area contributed by atoms with Gasteiger partial charge in [-0.1, -0.05) is 18.7 Å². The number of allylic oxidation sites excluding steroid dienone is 1. The van der Waals surface area contributed by atoms with Crippen molar-refractivity contribution < 1.29 is 19.4 Å². The predicted molar refractivity (Wildman–Crippen MR) is 51.7 cm³/mol. The van der Waals surface area contributed by atoms with Crippen molar-refractivity contribution in [3.63, 3.8) is 0 Å². The molecule has 0 unspecified atom stereocenters. The molecule has 0 aromatic carbocycles. The zero-order valence-electron chi connectivity index (χ0n) is 7.73. The lowest BCUT2D eigenvalue weighted by atomic mass is 10.2. The number of esters is 1. The van der Waals surface area contributed by atoms with Crippen LogP contribution in [-0.4, -0.2) is 23.7 Å². The van der Waals surface area contributed by atoms with E-state index in [2.05, 4.69) is 17.9 Å². The second-order valence-electron chi connectivity index (χ2n) is 2.39. The Morgan fingerprint density at radius 3 is 2.36 bits per heavy atom. The van der Waals surface area contributed by atoms with E-state index in [1.807, 2.05) is 0 Å². The molecule has 0 radical (unpaired) electrons. The van der Waals surface area contributed by atoms with Crippen LogP contribution in [0.4, 0.5) is 0 Å². The van der Waals surface area contributed by atoms with E-state index in [0.717, 1.165) is 6.08 Å². The van der Waals surface area contributed by atoms with Gasteiger partial charge in [0.1, 0.15) is 6.61 Å². The highest BCUT2D eigenvalue weighted by atomic mass is 16.5. The SMILES string of the molecule is C=CCOC(=O)/C=C(\CC=C)C(=O)O. The van der Waals surface area contributed by atoms with E-state index >= 15 is 0 Å². The topological polar surface area (TPSA) is 63.6 Å². The Balaban J connectivity index is 4.39. The first kappa shape index (κ1) is 12.2. The van der Waals surface area contributed by atoms with Crippen LogP contribution in [0, 0.1) is 0 Å². The summed E-state index contributed by atoms with van der Waals surface area (Å²) in [6.45, 7) is 6.80. The lowest BCUT2D eigenvalue weighted by Gasteiger charge is -1.99. The Hall–Kier alpha value is -1.84. The summed E-state index contributed by atoms with van der Waals surface area (Å²) in [5, 5.41) is 8.63. The zero-order valence-corrected chi connectivity index (χ0v) is 7.73. The maximum Gasteiger partial charge on any atom is 0.332 e. The van der Waals surface area contributed by atoms with Crippen molar-refractivity contribution in [1.29, 1.82) is 0 Å². The molecule has 0 aliphatic heterocycles. The van der Waals surface area contributed by atoms with Crippen molar-refractivity contribution in [2.45, 2.75) is 6.42 Å². The van der Waals surface area contributed by atoms with Crippen molar-refractivity contribution >= 4 is 11.9 Å². The number of carboxylic acids is 1. The first-order chi connectivity index (χ1) is 6.61. The second-order valence-corrected chi connectivity index (χ2v) is 2.39. The molecule has 4 nitrogen and oxygen atoms in total. The van der Waals surface area contributed by atoms with E-state index in [1.165, 1.54) is 12.2 Å². The number of carboxylic acid groups (broad SMARTS) is 1. The number of hydrogen-bond donors (Lipinski definition) is 1. The van der Waals surface area contributed by atoms with Crippen LogP contribution in [0.15, 0.2) is 37.0 Å². The minimum atomic E-state index is -1.15. The van der Waals surface area contributed by atoms with E-state index in [9.17, 15) is 9.59 Å². The maximum atomic E-state index is 10.9. The van der Waals surface area contributed by atoms with Gasteiger partial charge in [0.25, 0.3) is 0 Å². The van der Waals surface area contributed by atoms with Crippen LogP contribution >= 0.6 is 0 Å². The third kappa shape index (κ3) is 4.92. The van der Waals surface area contributed by atoms with Gasteiger partial charge in [0.15, 0.2) is 0 Å². The molecular formula is C10H12O4. The summed E-state index contributed by atoms with van der Waals surface area (Å²) in [7, 11) is 0. The lowest BCUT2D eigenvalue weighted by molar-refractivity contribution is -0.138. The third-order valence-electron chi connectivity index (χ3n) is 1.27. The number of carbonyl (C=O) groups excluding carboxylic acids is 1. The normalized spacial score (nSPS) is 10.4. The van der Waals surface area contributed by atoms with Crippen LogP contribution in [0.1, 0.15) is 6.42 Å². The standard InChI is InChI=1S/C10H12O4/c1-3-5-8(10(12)13)7-9(11)14-6-4-2/h3-4,7H,1-2,5-6H2,(H,12,13)/b8-7+. The molecule has 0 spiro atoms. The van der Waals surface area contributed by atoms with E-state index < -0.39 is 11.9 Å². The van der Waals surface area contributed by atoms with Gasteiger partial charge < -0.3 is 9.84 Å². The number of aliphatic carboxylic acids is 1. The fourth-order valence-corrected chi connectivity index (χ4v) is 0.688. The van der Waals surface area contributed by atoms with Gasteiger partial charge in [-0.05, 0) is 6.42 Å². The van der Waals surface area contributed by atoms with Gasteiger partial charge in [-0.15, -0.1) is 6.58 Å². The summed E-state index contributed by atoms with van der Waals surface area (Å²) in [6.07, 6.45) is 3.87. The molecule has 0 fully saturated rings. The van der Waals surface area contributed by atoms with Gasteiger partial charge in [0.05, 0.1) is 0 Å². The summed E-state index contributed by atoms with van der Waals surface area (Å²) < 4.78 is 4.59. The minimum absolute atomic E-state index is 0.0472. The van der Waals surface area contributed by atoms with Crippen molar-refractivity contribution in [3.8, 4) is 0 Å². The van der Waals surface area contributed by atoms with E-state index in [1.54, 1.807) is 0 Å². The average Bonchev–Trinajstić information content (AvgIpc) is 2.14. The summed E-state index contributed by atoms with van der Waals surface area (Å²) in [5.41, 5.74) is -0.0472. The van der Waals surface area contributed by atoms with Crippen LogP contribution in [0.25, 0.3) is 0 Å². The highest BCUT2D eigenvalue weighted by molar-refractivity contribution is 5.95. The van der Waals surface area contributed by atoms with Crippen molar-refractivity contribution in [3.05, 3.63) is 37.0 Å². The van der Waals surface area contributed by atoms with Crippen molar-refractivity contribution in [2.75, 3.05) is 6.61 Å². The van der Waals surface area contributed by atoms with Crippen LogP contribution in [0.3, 0.4) is 0 Å². The molecule has 0 aliphatic carbocycles. The largest absolute Gasteiger partial charge is 0.478 e.